The second kappa shape index (κ2) is 4.29. The highest BCUT2D eigenvalue weighted by Crippen LogP contribution is 2.22. The minimum Gasteiger partial charge on any atom is -0.398 e. The molecule has 3 N–H and O–H groups in total. The molecule has 0 aliphatic carbocycles. The Morgan fingerprint density at radius 2 is 2.13 bits per heavy atom. The van der Waals surface area contributed by atoms with Crippen molar-refractivity contribution in [2.45, 2.75) is 32.6 Å². The normalized spacial score (nSPS) is 11.0. The van der Waals surface area contributed by atoms with Gasteiger partial charge in [0.1, 0.15) is 11.0 Å². The molecule has 0 saturated carbocycles. The number of nitrogen functional groups attached to an aromatic ring is 1. The lowest BCUT2D eigenvalue weighted by Crippen LogP contribution is -1.96. The standard InChI is InChI=1S/C11H16N4/c1-2-3-4-5-8-9(12)6-7-10-11(8)14-15-13-10/h6-7H,2-5,12H2,1H3,(H,13,14,15). The second-order valence-electron chi connectivity index (χ2n) is 3.78. The van der Waals surface area contributed by atoms with Gasteiger partial charge in [0.25, 0.3) is 0 Å². The van der Waals surface area contributed by atoms with Crippen LogP contribution in [0.3, 0.4) is 0 Å². The van der Waals surface area contributed by atoms with Crippen LogP contribution < -0.4 is 5.73 Å². The molecule has 4 heteroatoms. The molecule has 0 aliphatic heterocycles. The summed E-state index contributed by atoms with van der Waals surface area (Å²) in [5, 5.41) is 10.8. The van der Waals surface area contributed by atoms with E-state index >= 15 is 0 Å². The summed E-state index contributed by atoms with van der Waals surface area (Å²) < 4.78 is 0. The molecule has 1 aromatic carbocycles. The van der Waals surface area contributed by atoms with E-state index in [1.807, 2.05) is 12.1 Å². The van der Waals surface area contributed by atoms with Crippen LogP contribution in [0.1, 0.15) is 31.7 Å². The number of H-pyrrole nitrogens is 1. The molecule has 0 unspecified atom stereocenters. The number of fused-ring (bicyclic) bond motifs is 1. The summed E-state index contributed by atoms with van der Waals surface area (Å²) in [5.41, 5.74) is 9.73. The fraction of sp³-hybridized carbons (Fsp3) is 0.455. The van der Waals surface area contributed by atoms with Crippen LogP contribution in [0.5, 0.6) is 0 Å². The SMILES string of the molecule is CCCCCc1c(N)ccc2n[nH]nc12. The van der Waals surface area contributed by atoms with Crippen LogP contribution in [0, 0.1) is 0 Å². The highest BCUT2D eigenvalue weighted by atomic mass is 15.3. The maximum atomic E-state index is 5.95. The smallest absolute Gasteiger partial charge is 0.118 e. The van der Waals surface area contributed by atoms with Crippen molar-refractivity contribution in [1.29, 1.82) is 0 Å². The Morgan fingerprint density at radius 3 is 2.93 bits per heavy atom. The first-order chi connectivity index (χ1) is 7.33. The average molecular weight is 204 g/mol. The third-order valence-electron chi connectivity index (χ3n) is 2.66. The monoisotopic (exact) mass is 204 g/mol. The fourth-order valence-electron chi connectivity index (χ4n) is 1.80. The number of hydrogen-bond acceptors (Lipinski definition) is 3. The average Bonchev–Trinajstić information content (AvgIpc) is 2.69. The van der Waals surface area contributed by atoms with Crippen molar-refractivity contribution in [3.05, 3.63) is 17.7 Å². The van der Waals surface area contributed by atoms with E-state index in [1.165, 1.54) is 12.8 Å². The summed E-state index contributed by atoms with van der Waals surface area (Å²) in [6, 6.07) is 3.81. The number of rotatable bonds is 4. The van der Waals surface area contributed by atoms with Crippen molar-refractivity contribution >= 4 is 16.7 Å². The second-order valence-corrected chi connectivity index (χ2v) is 3.78. The van der Waals surface area contributed by atoms with Crippen LogP contribution >= 0.6 is 0 Å². The molecule has 0 amide bonds. The van der Waals surface area contributed by atoms with Crippen LogP contribution in [-0.2, 0) is 6.42 Å². The van der Waals surface area contributed by atoms with E-state index in [1.54, 1.807) is 0 Å². The number of aromatic nitrogens is 3. The Balaban J connectivity index is 2.30. The molecule has 0 radical (unpaired) electrons. The number of unbranched alkanes of at least 4 members (excludes halogenated alkanes) is 2. The van der Waals surface area contributed by atoms with E-state index < -0.39 is 0 Å². The molecule has 0 bridgehead atoms. The topological polar surface area (TPSA) is 67.6 Å². The molecule has 0 saturated heterocycles. The molecular weight excluding hydrogens is 188 g/mol. The van der Waals surface area contributed by atoms with Crippen molar-refractivity contribution in [2.24, 2.45) is 0 Å². The quantitative estimate of drug-likeness (QED) is 0.593. The van der Waals surface area contributed by atoms with Gasteiger partial charge < -0.3 is 5.73 Å². The van der Waals surface area contributed by atoms with Crippen LogP contribution in [0.25, 0.3) is 11.0 Å². The molecule has 0 aliphatic rings. The lowest BCUT2D eigenvalue weighted by atomic mass is 10.0. The van der Waals surface area contributed by atoms with Crippen molar-refractivity contribution in [2.75, 3.05) is 5.73 Å². The largest absolute Gasteiger partial charge is 0.398 e. The van der Waals surface area contributed by atoms with Crippen molar-refractivity contribution in [3.63, 3.8) is 0 Å². The number of aromatic amines is 1. The first kappa shape index (κ1) is 9.96. The molecule has 15 heavy (non-hydrogen) atoms. The van der Waals surface area contributed by atoms with E-state index in [4.69, 9.17) is 5.73 Å². The highest BCUT2D eigenvalue weighted by Gasteiger charge is 2.08. The zero-order valence-electron chi connectivity index (χ0n) is 8.95. The van der Waals surface area contributed by atoms with E-state index in [0.29, 0.717) is 0 Å². The fourth-order valence-corrected chi connectivity index (χ4v) is 1.80. The number of anilines is 1. The summed E-state index contributed by atoms with van der Waals surface area (Å²) >= 11 is 0. The van der Waals surface area contributed by atoms with Crippen LogP contribution in [0.15, 0.2) is 12.1 Å². The van der Waals surface area contributed by atoms with Gasteiger partial charge in [0, 0.05) is 11.3 Å². The third kappa shape index (κ3) is 1.93. The zero-order chi connectivity index (χ0) is 10.7. The van der Waals surface area contributed by atoms with Crippen molar-refractivity contribution in [1.82, 2.24) is 15.4 Å². The maximum absolute atomic E-state index is 5.95. The van der Waals surface area contributed by atoms with Gasteiger partial charge in [-0.25, -0.2) is 0 Å². The maximum Gasteiger partial charge on any atom is 0.118 e. The predicted molar refractivity (Wildman–Crippen MR) is 61.5 cm³/mol. The molecule has 2 aromatic rings. The molecule has 1 aromatic heterocycles. The molecule has 0 fully saturated rings. The lowest BCUT2D eigenvalue weighted by Gasteiger charge is -2.04. The first-order valence-corrected chi connectivity index (χ1v) is 5.40. The lowest BCUT2D eigenvalue weighted by molar-refractivity contribution is 0.719. The van der Waals surface area contributed by atoms with Gasteiger partial charge >= 0.3 is 0 Å². The van der Waals surface area contributed by atoms with Gasteiger partial charge in [-0.2, -0.15) is 15.4 Å². The van der Waals surface area contributed by atoms with Gasteiger partial charge in [0.15, 0.2) is 0 Å². The Bertz CT molecular complexity index is 447. The van der Waals surface area contributed by atoms with Gasteiger partial charge in [0.2, 0.25) is 0 Å². The van der Waals surface area contributed by atoms with Gasteiger partial charge in [-0.15, -0.1) is 0 Å². The summed E-state index contributed by atoms with van der Waals surface area (Å²) in [7, 11) is 0. The van der Waals surface area contributed by atoms with E-state index in [-0.39, 0.29) is 0 Å². The zero-order valence-corrected chi connectivity index (χ0v) is 8.95. The van der Waals surface area contributed by atoms with Crippen LogP contribution in [0.4, 0.5) is 5.69 Å². The van der Waals surface area contributed by atoms with Crippen LogP contribution in [-0.4, -0.2) is 15.4 Å². The Kier molecular flexibility index (Phi) is 2.85. The van der Waals surface area contributed by atoms with Crippen molar-refractivity contribution in [3.8, 4) is 0 Å². The number of aryl methyl sites for hydroxylation is 1. The van der Waals surface area contributed by atoms with Gasteiger partial charge in [-0.1, -0.05) is 19.8 Å². The third-order valence-corrected chi connectivity index (χ3v) is 2.66. The molecule has 1 heterocycles. The predicted octanol–water partition coefficient (Wildman–Crippen LogP) is 2.27. The summed E-state index contributed by atoms with van der Waals surface area (Å²) in [5.74, 6) is 0. The number of benzene rings is 1. The molecule has 0 spiro atoms. The Labute approximate surface area is 88.9 Å². The Hall–Kier alpha value is -1.58. The number of nitrogens with one attached hydrogen (secondary N) is 1. The van der Waals surface area contributed by atoms with Crippen molar-refractivity contribution < 1.29 is 0 Å². The Morgan fingerprint density at radius 1 is 1.27 bits per heavy atom. The van der Waals surface area contributed by atoms with Gasteiger partial charge in [-0.3, -0.25) is 0 Å². The molecule has 4 nitrogen and oxygen atoms in total. The number of hydrogen-bond donors (Lipinski definition) is 2. The molecule has 80 valence electrons. The van der Waals surface area contributed by atoms with Gasteiger partial charge in [0.05, 0.1) is 0 Å². The van der Waals surface area contributed by atoms with Crippen LogP contribution in [0.2, 0.25) is 0 Å². The van der Waals surface area contributed by atoms with Gasteiger partial charge in [-0.05, 0) is 25.0 Å². The summed E-state index contributed by atoms with van der Waals surface area (Å²) in [6.45, 7) is 2.19. The van der Waals surface area contributed by atoms with E-state index in [0.717, 1.165) is 35.1 Å². The minimum absolute atomic E-state index is 0.826. The summed E-state index contributed by atoms with van der Waals surface area (Å²) in [6.07, 6.45) is 4.60. The van der Waals surface area contributed by atoms with E-state index in [2.05, 4.69) is 22.3 Å². The van der Waals surface area contributed by atoms with E-state index in [9.17, 15) is 0 Å². The molecule has 0 atom stereocenters. The molecular formula is C11H16N4. The highest BCUT2D eigenvalue weighted by molar-refractivity contribution is 5.82. The molecule has 2 rings (SSSR count). The first-order valence-electron chi connectivity index (χ1n) is 5.40. The number of nitrogens with zero attached hydrogens (tertiary/aromatic N) is 2. The minimum atomic E-state index is 0.826. The summed E-state index contributed by atoms with van der Waals surface area (Å²) in [4.78, 5) is 0. The number of nitrogens with two attached hydrogens (primary N) is 1.